The maximum Gasteiger partial charge on any atom is 0.272 e. The van der Waals surface area contributed by atoms with Gasteiger partial charge in [0.15, 0.2) is 6.61 Å². The van der Waals surface area contributed by atoms with E-state index in [2.05, 4.69) is 10.3 Å². The van der Waals surface area contributed by atoms with Gasteiger partial charge >= 0.3 is 0 Å². The second kappa shape index (κ2) is 7.86. The van der Waals surface area contributed by atoms with Crippen LogP contribution in [0, 0.1) is 20.8 Å². The van der Waals surface area contributed by atoms with E-state index in [1.54, 1.807) is 38.1 Å². The SMILES string of the molecule is Cc1ccc(C)c(S(=O)(=O)NNC(=O)COc2ccc(Cl)c(C)c2)c1. The number of halogens is 1. The molecule has 2 rings (SSSR count). The van der Waals surface area contributed by atoms with Crippen molar-refractivity contribution in [3.8, 4) is 5.75 Å². The number of aryl methyl sites for hydroxylation is 3. The topological polar surface area (TPSA) is 84.5 Å². The maximum absolute atomic E-state index is 12.3. The molecule has 0 atom stereocenters. The van der Waals surface area contributed by atoms with Gasteiger partial charge in [0.1, 0.15) is 5.75 Å². The van der Waals surface area contributed by atoms with Crippen LogP contribution in [-0.4, -0.2) is 20.9 Å². The number of nitrogens with one attached hydrogen (secondary N) is 2. The molecule has 25 heavy (non-hydrogen) atoms. The number of amides is 1. The van der Waals surface area contributed by atoms with Gasteiger partial charge in [-0.3, -0.25) is 10.2 Å². The fraction of sp³-hybridized carbons (Fsp3) is 0.235. The van der Waals surface area contributed by atoms with Crippen molar-refractivity contribution in [1.82, 2.24) is 10.3 Å². The molecule has 0 aliphatic carbocycles. The van der Waals surface area contributed by atoms with E-state index in [9.17, 15) is 13.2 Å². The Hall–Kier alpha value is -2.09. The summed E-state index contributed by atoms with van der Waals surface area (Å²) in [6.07, 6.45) is 0. The van der Waals surface area contributed by atoms with Crippen LogP contribution < -0.4 is 15.0 Å². The molecule has 0 unspecified atom stereocenters. The lowest BCUT2D eigenvalue weighted by Crippen LogP contribution is -2.43. The lowest BCUT2D eigenvalue weighted by atomic mass is 10.2. The van der Waals surface area contributed by atoms with Crippen molar-refractivity contribution in [1.29, 1.82) is 0 Å². The zero-order valence-corrected chi connectivity index (χ0v) is 15.7. The average molecular weight is 383 g/mol. The number of sulfonamides is 1. The molecule has 0 fully saturated rings. The van der Waals surface area contributed by atoms with Crippen LogP contribution in [0.5, 0.6) is 5.75 Å². The molecule has 0 saturated carbocycles. The summed E-state index contributed by atoms with van der Waals surface area (Å²) in [7, 11) is -3.86. The van der Waals surface area contributed by atoms with E-state index < -0.39 is 15.9 Å². The van der Waals surface area contributed by atoms with Crippen LogP contribution in [0.15, 0.2) is 41.3 Å². The summed E-state index contributed by atoms with van der Waals surface area (Å²) in [5, 5.41) is 0.595. The Morgan fingerprint density at radius 2 is 1.80 bits per heavy atom. The molecule has 0 bridgehead atoms. The van der Waals surface area contributed by atoms with Gasteiger partial charge in [-0.2, -0.15) is 0 Å². The Labute approximate surface area is 152 Å². The second-order valence-electron chi connectivity index (χ2n) is 5.62. The summed E-state index contributed by atoms with van der Waals surface area (Å²) in [5.41, 5.74) is 4.34. The molecule has 0 radical (unpaired) electrons. The van der Waals surface area contributed by atoms with Crippen molar-refractivity contribution >= 4 is 27.5 Å². The number of carbonyl (C=O) groups excluding carboxylic acids is 1. The Balaban J connectivity index is 1.94. The molecule has 0 aliphatic rings. The Morgan fingerprint density at radius 3 is 2.48 bits per heavy atom. The fourth-order valence-corrected chi connectivity index (χ4v) is 3.38. The van der Waals surface area contributed by atoms with Crippen LogP contribution in [0.25, 0.3) is 0 Å². The first-order chi connectivity index (χ1) is 11.7. The molecule has 134 valence electrons. The molecule has 0 aromatic heterocycles. The van der Waals surface area contributed by atoms with E-state index >= 15 is 0 Å². The van der Waals surface area contributed by atoms with E-state index in [0.717, 1.165) is 11.1 Å². The minimum absolute atomic E-state index is 0.113. The Kier molecular flexibility index (Phi) is 6.05. The first-order valence-corrected chi connectivity index (χ1v) is 9.32. The van der Waals surface area contributed by atoms with Gasteiger partial charge in [0.25, 0.3) is 15.9 Å². The Bertz CT molecular complexity index is 898. The van der Waals surface area contributed by atoms with E-state index in [1.807, 2.05) is 13.0 Å². The molecular weight excluding hydrogens is 364 g/mol. The van der Waals surface area contributed by atoms with Gasteiger partial charge in [0, 0.05) is 5.02 Å². The molecule has 2 aromatic rings. The smallest absolute Gasteiger partial charge is 0.272 e. The van der Waals surface area contributed by atoms with Crippen molar-refractivity contribution in [2.24, 2.45) is 0 Å². The second-order valence-corrected chi connectivity index (χ2v) is 7.68. The molecule has 0 heterocycles. The van der Waals surface area contributed by atoms with E-state index in [4.69, 9.17) is 16.3 Å². The monoisotopic (exact) mass is 382 g/mol. The van der Waals surface area contributed by atoms with Gasteiger partial charge in [0.2, 0.25) is 0 Å². The Morgan fingerprint density at radius 1 is 1.08 bits per heavy atom. The molecule has 2 N–H and O–H groups in total. The summed E-state index contributed by atoms with van der Waals surface area (Å²) >= 11 is 5.91. The highest BCUT2D eigenvalue weighted by Gasteiger charge is 2.18. The van der Waals surface area contributed by atoms with Crippen molar-refractivity contribution in [3.63, 3.8) is 0 Å². The third-order valence-corrected chi connectivity index (χ3v) is 5.27. The zero-order chi connectivity index (χ0) is 18.6. The summed E-state index contributed by atoms with van der Waals surface area (Å²) < 4.78 is 29.9. The summed E-state index contributed by atoms with van der Waals surface area (Å²) in [6, 6.07) is 10.0. The van der Waals surface area contributed by atoms with Gasteiger partial charge in [-0.25, -0.2) is 8.42 Å². The van der Waals surface area contributed by atoms with E-state index in [-0.39, 0.29) is 11.5 Å². The molecule has 2 aromatic carbocycles. The van der Waals surface area contributed by atoms with Gasteiger partial charge in [0.05, 0.1) is 4.90 Å². The van der Waals surface area contributed by atoms with Gasteiger partial charge in [-0.1, -0.05) is 23.7 Å². The van der Waals surface area contributed by atoms with Crippen LogP contribution in [0.2, 0.25) is 5.02 Å². The highest BCUT2D eigenvalue weighted by Crippen LogP contribution is 2.21. The first kappa shape index (κ1) is 19.2. The number of rotatable bonds is 6. The average Bonchev–Trinajstić information content (AvgIpc) is 2.56. The van der Waals surface area contributed by atoms with E-state index in [0.29, 0.717) is 16.3 Å². The summed E-state index contributed by atoms with van der Waals surface area (Å²) in [5.74, 6) is -0.157. The molecule has 0 aliphatic heterocycles. The minimum Gasteiger partial charge on any atom is -0.484 e. The van der Waals surface area contributed by atoms with Crippen molar-refractivity contribution < 1.29 is 17.9 Å². The predicted molar refractivity (Wildman–Crippen MR) is 96.1 cm³/mol. The van der Waals surface area contributed by atoms with Crippen molar-refractivity contribution in [2.75, 3.05) is 6.61 Å². The maximum atomic E-state index is 12.3. The predicted octanol–water partition coefficient (Wildman–Crippen LogP) is 2.65. The number of hydrazine groups is 1. The number of benzene rings is 2. The molecule has 0 spiro atoms. The number of hydrogen-bond acceptors (Lipinski definition) is 4. The largest absolute Gasteiger partial charge is 0.484 e. The van der Waals surface area contributed by atoms with Gasteiger partial charge < -0.3 is 4.74 Å². The molecule has 0 saturated heterocycles. The first-order valence-electron chi connectivity index (χ1n) is 7.46. The summed E-state index contributed by atoms with van der Waals surface area (Å²) in [4.78, 5) is 14.0. The number of ether oxygens (including phenoxy) is 1. The lowest BCUT2D eigenvalue weighted by molar-refractivity contribution is -0.123. The van der Waals surface area contributed by atoms with Crippen LogP contribution >= 0.6 is 11.6 Å². The van der Waals surface area contributed by atoms with Crippen LogP contribution in [0.4, 0.5) is 0 Å². The van der Waals surface area contributed by atoms with Crippen LogP contribution in [0.3, 0.4) is 0 Å². The quantitative estimate of drug-likeness (QED) is 0.752. The van der Waals surface area contributed by atoms with Gasteiger partial charge in [-0.15, -0.1) is 4.83 Å². The zero-order valence-electron chi connectivity index (χ0n) is 14.1. The molecular formula is C17H19ClN2O4S. The standard InChI is InChI=1S/C17H19ClN2O4S/c1-11-4-5-12(2)16(8-11)25(22,23)20-19-17(21)10-24-14-6-7-15(18)13(3)9-14/h4-9,20H,10H2,1-3H3,(H,19,21). The van der Waals surface area contributed by atoms with E-state index in [1.165, 1.54) is 6.07 Å². The van der Waals surface area contributed by atoms with Crippen LogP contribution in [0.1, 0.15) is 16.7 Å². The van der Waals surface area contributed by atoms with Gasteiger partial charge in [-0.05, 0) is 61.7 Å². The third-order valence-electron chi connectivity index (χ3n) is 3.46. The molecule has 8 heteroatoms. The highest BCUT2D eigenvalue weighted by atomic mass is 35.5. The number of hydrogen-bond donors (Lipinski definition) is 2. The van der Waals surface area contributed by atoms with Crippen LogP contribution in [-0.2, 0) is 14.8 Å². The number of carbonyl (C=O) groups is 1. The molecule has 1 amide bonds. The molecule has 6 nitrogen and oxygen atoms in total. The van der Waals surface area contributed by atoms with Crippen molar-refractivity contribution in [3.05, 3.63) is 58.1 Å². The third kappa shape index (κ3) is 5.19. The summed E-state index contributed by atoms with van der Waals surface area (Å²) in [6.45, 7) is 4.95. The lowest BCUT2D eigenvalue weighted by Gasteiger charge is -2.12. The fourth-order valence-electron chi connectivity index (χ4n) is 2.07. The van der Waals surface area contributed by atoms with Crippen molar-refractivity contribution in [2.45, 2.75) is 25.7 Å². The highest BCUT2D eigenvalue weighted by molar-refractivity contribution is 7.89. The normalized spacial score (nSPS) is 11.2. The minimum atomic E-state index is -3.86.